The Kier molecular flexibility index (Phi) is 5.74. The molecule has 0 spiro atoms. The van der Waals surface area contributed by atoms with Gasteiger partial charge in [0.25, 0.3) is 0 Å². The second-order valence-corrected chi connectivity index (χ2v) is 7.13. The molecule has 1 amide bonds. The van der Waals surface area contributed by atoms with E-state index < -0.39 is 5.41 Å². The lowest BCUT2D eigenvalue weighted by atomic mass is 9.73. The molecule has 1 heterocycles. The summed E-state index contributed by atoms with van der Waals surface area (Å²) in [5.41, 5.74) is 6.31. The molecule has 1 saturated heterocycles. The van der Waals surface area contributed by atoms with E-state index in [1.54, 1.807) is 12.1 Å². The quantitative estimate of drug-likeness (QED) is 0.723. The Balaban J connectivity index is 1.83. The number of halogens is 3. The molecular weight excluding hydrogens is 383 g/mol. The normalized spacial score (nSPS) is 16.3. The number of hydrogen-bond donors (Lipinski definition) is 2. The molecule has 1 aliphatic heterocycles. The number of carbonyl (C=O) groups excluding carboxylic acids is 1. The molecule has 25 heavy (non-hydrogen) atoms. The van der Waals surface area contributed by atoms with Crippen LogP contribution < -0.4 is 10.9 Å². The van der Waals surface area contributed by atoms with E-state index in [1.807, 2.05) is 30.3 Å². The van der Waals surface area contributed by atoms with Gasteiger partial charge in [-0.1, -0.05) is 65.1 Å². The molecule has 1 fully saturated rings. The summed E-state index contributed by atoms with van der Waals surface area (Å²) in [6, 6.07) is 12.8. The Labute approximate surface area is 161 Å². The summed E-state index contributed by atoms with van der Waals surface area (Å²) >= 11 is 18.2. The Bertz CT molecular complexity index is 739. The van der Waals surface area contributed by atoms with Gasteiger partial charge in [0.15, 0.2) is 0 Å². The molecule has 0 bridgehead atoms. The fraction of sp³-hybridized carbons (Fsp3) is 0.278. The second kappa shape index (κ2) is 7.83. The minimum absolute atomic E-state index is 0.149. The van der Waals surface area contributed by atoms with Crippen LogP contribution in [0.1, 0.15) is 18.4 Å². The summed E-state index contributed by atoms with van der Waals surface area (Å²) in [6.45, 7) is 1.07. The van der Waals surface area contributed by atoms with Crippen LogP contribution in [-0.4, -0.2) is 19.1 Å². The van der Waals surface area contributed by atoms with Gasteiger partial charge in [0.05, 0.1) is 21.1 Å². The molecule has 0 radical (unpaired) electrons. The van der Waals surface area contributed by atoms with Gasteiger partial charge in [-0.05, 0) is 30.5 Å². The highest BCUT2D eigenvalue weighted by Gasteiger charge is 2.41. The molecule has 0 unspecified atom stereocenters. The van der Waals surface area contributed by atoms with Gasteiger partial charge >= 0.3 is 0 Å². The molecule has 132 valence electrons. The summed E-state index contributed by atoms with van der Waals surface area (Å²) in [6.07, 6.45) is 1.21. The lowest BCUT2D eigenvalue weighted by Crippen LogP contribution is -2.49. The number of ether oxygens (including phenoxy) is 1. The van der Waals surface area contributed by atoms with E-state index in [0.717, 1.165) is 5.56 Å². The van der Waals surface area contributed by atoms with Crippen molar-refractivity contribution in [2.24, 2.45) is 0 Å². The van der Waals surface area contributed by atoms with Crippen LogP contribution in [0.5, 0.6) is 0 Å². The Morgan fingerprint density at radius 2 is 1.60 bits per heavy atom. The average Bonchev–Trinajstić information content (AvgIpc) is 2.62. The first-order valence-electron chi connectivity index (χ1n) is 7.87. The number of anilines is 1. The molecule has 4 nitrogen and oxygen atoms in total. The first-order chi connectivity index (χ1) is 12.0. The topological polar surface area (TPSA) is 50.4 Å². The van der Waals surface area contributed by atoms with Gasteiger partial charge < -0.3 is 4.74 Å². The van der Waals surface area contributed by atoms with E-state index in [9.17, 15) is 4.79 Å². The zero-order valence-electron chi connectivity index (χ0n) is 13.3. The zero-order chi connectivity index (χ0) is 17.9. The Hall–Kier alpha value is -1.46. The van der Waals surface area contributed by atoms with Crippen molar-refractivity contribution in [3.05, 3.63) is 63.1 Å². The SMILES string of the molecule is O=C(NNc1c(Cl)cc(Cl)cc1Cl)C1(c2ccccc2)CCOCC1. The fourth-order valence-corrected chi connectivity index (χ4v) is 3.94. The average molecular weight is 400 g/mol. The smallest absolute Gasteiger partial charge is 0.249 e. The van der Waals surface area contributed by atoms with Gasteiger partial charge in [0, 0.05) is 18.2 Å². The molecule has 2 aromatic carbocycles. The molecule has 3 rings (SSSR count). The standard InChI is InChI=1S/C18H17Cl3N2O2/c19-13-10-14(20)16(15(21)11-13)22-23-17(24)18(6-8-25-9-7-18)12-4-2-1-3-5-12/h1-5,10-11,22H,6-9H2,(H,23,24). The van der Waals surface area contributed by atoms with Crippen molar-refractivity contribution in [3.63, 3.8) is 0 Å². The number of hydrogen-bond acceptors (Lipinski definition) is 3. The van der Waals surface area contributed by atoms with Crippen molar-refractivity contribution >= 4 is 46.4 Å². The van der Waals surface area contributed by atoms with Crippen molar-refractivity contribution in [3.8, 4) is 0 Å². The number of rotatable bonds is 4. The van der Waals surface area contributed by atoms with Crippen LogP contribution in [0.3, 0.4) is 0 Å². The highest BCUT2D eigenvalue weighted by molar-refractivity contribution is 6.41. The molecule has 0 aromatic heterocycles. The largest absolute Gasteiger partial charge is 0.381 e. The minimum atomic E-state index is -0.655. The van der Waals surface area contributed by atoms with Crippen LogP contribution >= 0.6 is 34.8 Å². The maximum Gasteiger partial charge on any atom is 0.249 e. The monoisotopic (exact) mass is 398 g/mol. The number of amides is 1. The summed E-state index contributed by atoms with van der Waals surface area (Å²) in [5, 5.41) is 1.09. The predicted octanol–water partition coefficient (Wildman–Crippen LogP) is 4.84. The van der Waals surface area contributed by atoms with Crippen molar-refractivity contribution in [2.45, 2.75) is 18.3 Å². The van der Waals surface area contributed by atoms with Crippen LogP contribution in [0.2, 0.25) is 15.1 Å². The van der Waals surface area contributed by atoms with E-state index in [4.69, 9.17) is 39.5 Å². The van der Waals surface area contributed by atoms with E-state index in [-0.39, 0.29) is 5.91 Å². The maximum atomic E-state index is 13.0. The number of carbonyl (C=O) groups is 1. The van der Waals surface area contributed by atoms with Gasteiger partial charge in [-0.3, -0.25) is 15.6 Å². The van der Waals surface area contributed by atoms with Crippen molar-refractivity contribution in [1.82, 2.24) is 5.43 Å². The summed E-state index contributed by atoms with van der Waals surface area (Å²) in [4.78, 5) is 13.0. The van der Waals surface area contributed by atoms with Crippen molar-refractivity contribution in [2.75, 3.05) is 18.6 Å². The molecule has 1 aliphatic rings. The zero-order valence-corrected chi connectivity index (χ0v) is 15.6. The molecule has 0 saturated carbocycles. The third-order valence-corrected chi connectivity index (χ3v) is 5.23. The van der Waals surface area contributed by atoms with E-state index >= 15 is 0 Å². The number of hydrazine groups is 1. The molecule has 7 heteroatoms. The van der Waals surface area contributed by atoms with Crippen LogP contribution in [0, 0.1) is 0 Å². The first kappa shape index (κ1) is 18.3. The molecule has 0 aliphatic carbocycles. The lowest BCUT2D eigenvalue weighted by molar-refractivity contribution is -0.129. The third-order valence-electron chi connectivity index (χ3n) is 4.42. The van der Waals surface area contributed by atoms with Crippen molar-refractivity contribution in [1.29, 1.82) is 0 Å². The number of benzene rings is 2. The van der Waals surface area contributed by atoms with Gasteiger partial charge in [-0.15, -0.1) is 0 Å². The highest BCUT2D eigenvalue weighted by Crippen LogP contribution is 2.36. The minimum Gasteiger partial charge on any atom is -0.381 e. The van der Waals surface area contributed by atoms with Crippen LogP contribution in [0.4, 0.5) is 5.69 Å². The van der Waals surface area contributed by atoms with Gasteiger partial charge in [-0.2, -0.15) is 0 Å². The predicted molar refractivity (Wildman–Crippen MR) is 101 cm³/mol. The van der Waals surface area contributed by atoms with Crippen molar-refractivity contribution < 1.29 is 9.53 Å². The van der Waals surface area contributed by atoms with Gasteiger partial charge in [-0.25, -0.2) is 0 Å². The fourth-order valence-electron chi connectivity index (χ4n) is 3.02. The Morgan fingerprint density at radius 3 is 2.20 bits per heavy atom. The number of nitrogens with one attached hydrogen (secondary N) is 2. The second-order valence-electron chi connectivity index (χ2n) is 5.88. The summed E-state index contributed by atoms with van der Waals surface area (Å²) < 4.78 is 5.45. The lowest BCUT2D eigenvalue weighted by Gasteiger charge is -2.36. The first-order valence-corrected chi connectivity index (χ1v) is 9.00. The van der Waals surface area contributed by atoms with Crippen LogP contribution in [0.25, 0.3) is 0 Å². The van der Waals surface area contributed by atoms with E-state index in [1.165, 1.54) is 0 Å². The van der Waals surface area contributed by atoms with Crippen LogP contribution in [-0.2, 0) is 14.9 Å². The van der Waals surface area contributed by atoms with Gasteiger partial charge in [0.1, 0.15) is 0 Å². The molecule has 0 atom stereocenters. The molecule has 2 N–H and O–H groups in total. The highest BCUT2D eigenvalue weighted by atomic mass is 35.5. The maximum absolute atomic E-state index is 13.0. The summed E-state index contributed by atoms with van der Waals surface area (Å²) in [7, 11) is 0. The van der Waals surface area contributed by atoms with Crippen LogP contribution in [0.15, 0.2) is 42.5 Å². The van der Waals surface area contributed by atoms with Gasteiger partial charge in [0.2, 0.25) is 5.91 Å². The molecular formula is C18H17Cl3N2O2. The molecule has 2 aromatic rings. The summed E-state index contributed by atoms with van der Waals surface area (Å²) in [5.74, 6) is -0.149. The van der Waals surface area contributed by atoms with E-state index in [0.29, 0.717) is 46.8 Å². The van der Waals surface area contributed by atoms with E-state index in [2.05, 4.69) is 10.9 Å². The Morgan fingerprint density at radius 1 is 1.00 bits per heavy atom. The third kappa shape index (κ3) is 3.87.